The van der Waals surface area contributed by atoms with Gasteiger partial charge in [0, 0.05) is 35.4 Å². The van der Waals surface area contributed by atoms with E-state index in [-0.39, 0.29) is 18.9 Å². The molecule has 0 saturated heterocycles. The first-order valence-electron chi connectivity index (χ1n) is 11.8. The highest BCUT2D eigenvalue weighted by Gasteiger charge is 2.17. The normalized spacial score (nSPS) is 10.7. The fraction of sp³-hybridized carbons (Fsp3) is 0.346. The first-order chi connectivity index (χ1) is 16.9. The standard InChI is InChI=1S/C26H33N5O4/c1-4-18-16(14-30-25(33)13-27)8-7-9-20(18)31-26-17(10-24(28)32)15-29-21-12-23(35-6-3)22(34-5-2)11-19(21)26/h7-9,11-12,15H,4-6,10,13-14,27H2,1-3H3,(H2,28,32)(H,29,31)(H,30,33). The molecule has 0 saturated carbocycles. The first kappa shape index (κ1) is 25.8. The third-order valence-corrected chi connectivity index (χ3v) is 5.52. The number of primary amides is 1. The number of hydrogen-bond acceptors (Lipinski definition) is 7. The number of nitrogens with zero attached hydrogens (tertiary/aromatic N) is 1. The summed E-state index contributed by atoms with van der Waals surface area (Å²) < 4.78 is 11.6. The van der Waals surface area contributed by atoms with E-state index in [0.29, 0.717) is 42.3 Å². The maximum absolute atomic E-state index is 11.8. The molecule has 0 aliphatic rings. The summed E-state index contributed by atoms with van der Waals surface area (Å²) in [5.41, 5.74) is 15.9. The number of fused-ring (bicyclic) bond motifs is 1. The first-order valence-corrected chi connectivity index (χ1v) is 11.8. The molecule has 0 aliphatic carbocycles. The van der Waals surface area contributed by atoms with Crippen molar-refractivity contribution in [2.45, 2.75) is 40.2 Å². The van der Waals surface area contributed by atoms with Gasteiger partial charge in [0.2, 0.25) is 11.8 Å². The molecule has 0 aliphatic heterocycles. The number of pyridine rings is 1. The highest BCUT2D eigenvalue weighted by Crippen LogP contribution is 2.38. The minimum Gasteiger partial charge on any atom is -0.490 e. The van der Waals surface area contributed by atoms with E-state index < -0.39 is 5.91 Å². The highest BCUT2D eigenvalue weighted by molar-refractivity contribution is 5.98. The van der Waals surface area contributed by atoms with Crippen LogP contribution < -0.4 is 31.6 Å². The van der Waals surface area contributed by atoms with Crippen molar-refractivity contribution in [3.05, 3.63) is 53.2 Å². The van der Waals surface area contributed by atoms with Crippen LogP contribution in [0.3, 0.4) is 0 Å². The number of amides is 2. The van der Waals surface area contributed by atoms with E-state index in [4.69, 9.17) is 20.9 Å². The molecule has 0 bridgehead atoms. The van der Waals surface area contributed by atoms with Gasteiger partial charge in [-0.15, -0.1) is 0 Å². The number of nitrogens with one attached hydrogen (secondary N) is 2. The summed E-state index contributed by atoms with van der Waals surface area (Å²) >= 11 is 0. The van der Waals surface area contributed by atoms with Crippen molar-refractivity contribution in [2.24, 2.45) is 11.5 Å². The molecular weight excluding hydrogens is 446 g/mol. The van der Waals surface area contributed by atoms with Crippen molar-refractivity contribution < 1.29 is 19.1 Å². The minimum atomic E-state index is -0.459. The number of hydrogen-bond donors (Lipinski definition) is 4. The molecule has 0 fully saturated rings. The molecule has 2 amide bonds. The van der Waals surface area contributed by atoms with Gasteiger partial charge in [-0.2, -0.15) is 0 Å². The van der Waals surface area contributed by atoms with Gasteiger partial charge in [0.15, 0.2) is 11.5 Å². The van der Waals surface area contributed by atoms with Crippen molar-refractivity contribution in [1.82, 2.24) is 10.3 Å². The van der Waals surface area contributed by atoms with E-state index in [9.17, 15) is 9.59 Å². The van der Waals surface area contributed by atoms with Gasteiger partial charge in [-0.25, -0.2) is 0 Å². The Morgan fingerprint density at radius 2 is 1.74 bits per heavy atom. The predicted octanol–water partition coefficient (Wildman–Crippen LogP) is 2.94. The Morgan fingerprint density at radius 1 is 1.03 bits per heavy atom. The molecule has 0 spiro atoms. The Labute approximate surface area is 205 Å². The number of anilines is 2. The lowest BCUT2D eigenvalue weighted by molar-refractivity contribution is -0.120. The summed E-state index contributed by atoms with van der Waals surface area (Å²) in [6.07, 6.45) is 2.41. The number of benzene rings is 2. The van der Waals surface area contributed by atoms with Crippen LogP contribution in [0, 0.1) is 0 Å². The second-order valence-electron chi connectivity index (χ2n) is 7.89. The Hall–Kier alpha value is -3.85. The summed E-state index contributed by atoms with van der Waals surface area (Å²) in [6.45, 7) is 7.13. The van der Waals surface area contributed by atoms with Crippen LogP contribution in [0.1, 0.15) is 37.5 Å². The zero-order valence-corrected chi connectivity index (χ0v) is 20.4. The zero-order valence-electron chi connectivity index (χ0n) is 20.4. The second kappa shape index (κ2) is 12.0. The molecule has 0 radical (unpaired) electrons. The van der Waals surface area contributed by atoms with E-state index in [1.54, 1.807) is 6.20 Å². The van der Waals surface area contributed by atoms with Crippen molar-refractivity contribution in [1.29, 1.82) is 0 Å². The smallest absolute Gasteiger partial charge is 0.234 e. The average molecular weight is 480 g/mol. The van der Waals surface area contributed by atoms with Gasteiger partial charge in [0.25, 0.3) is 0 Å². The van der Waals surface area contributed by atoms with Crippen LogP contribution in [0.4, 0.5) is 11.4 Å². The van der Waals surface area contributed by atoms with Crippen LogP contribution in [-0.4, -0.2) is 36.6 Å². The van der Waals surface area contributed by atoms with E-state index in [0.717, 1.165) is 34.3 Å². The predicted molar refractivity (Wildman–Crippen MR) is 137 cm³/mol. The fourth-order valence-electron chi connectivity index (χ4n) is 3.98. The van der Waals surface area contributed by atoms with Crippen LogP contribution in [0.25, 0.3) is 10.9 Å². The lowest BCUT2D eigenvalue weighted by Crippen LogP contribution is -2.30. The number of nitrogens with two attached hydrogens (primary N) is 2. The summed E-state index contributed by atoms with van der Waals surface area (Å²) in [6, 6.07) is 9.56. The van der Waals surface area contributed by atoms with Gasteiger partial charge in [-0.05, 0) is 43.5 Å². The third kappa shape index (κ3) is 6.19. The molecule has 9 heteroatoms. The molecule has 6 N–H and O–H groups in total. The number of carbonyl (C=O) groups is 2. The molecule has 3 rings (SSSR count). The monoisotopic (exact) mass is 479 g/mol. The molecule has 35 heavy (non-hydrogen) atoms. The van der Waals surface area contributed by atoms with Gasteiger partial charge >= 0.3 is 0 Å². The van der Waals surface area contributed by atoms with Crippen molar-refractivity contribution >= 4 is 34.1 Å². The maximum Gasteiger partial charge on any atom is 0.234 e. The number of aromatic nitrogens is 1. The Bertz CT molecular complexity index is 1210. The number of rotatable bonds is 12. The van der Waals surface area contributed by atoms with Gasteiger partial charge < -0.3 is 31.6 Å². The lowest BCUT2D eigenvalue weighted by Gasteiger charge is -2.20. The van der Waals surface area contributed by atoms with Crippen LogP contribution >= 0.6 is 0 Å². The quantitative estimate of drug-likeness (QED) is 0.313. The summed E-state index contributed by atoms with van der Waals surface area (Å²) in [4.78, 5) is 28.1. The van der Waals surface area contributed by atoms with Gasteiger partial charge in [-0.1, -0.05) is 19.1 Å². The Balaban J connectivity index is 2.15. The van der Waals surface area contributed by atoms with E-state index in [1.165, 1.54) is 0 Å². The summed E-state index contributed by atoms with van der Waals surface area (Å²) in [5, 5.41) is 7.13. The topological polar surface area (TPSA) is 142 Å². The zero-order chi connectivity index (χ0) is 25.4. The van der Waals surface area contributed by atoms with Gasteiger partial charge in [0.05, 0.1) is 37.4 Å². The summed E-state index contributed by atoms with van der Waals surface area (Å²) in [5.74, 6) is 0.522. The van der Waals surface area contributed by atoms with Crippen molar-refractivity contribution in [3.8, 4) is 11.5 Å². The number of carbonyl (C=O) groups excluding carboxylic acids is 2. The molecule has 3 aromatic rings. The maximum atomic E-state index is 11.8. The van der Waals surface area contributed by atoms with Crippen LogP contribution in [0.5, 0.6) is 11.5 Å². The van der Waals surface area contributed by atoms with Crippen LogP contribution in [-0.2, 0) is 29.0 Å². The highest BCUT2D eigenvalue weighted by atomic mass is 16.5. The van der Waals surface area contributed by atoms with E-state index >= 15 is 0 Å². The third-order valence-electron chi connectivity index (χ3n) is 5.52. The molecular formula is C26H33N5O4. The molecule has 1 heterocycles. The average Bonchev–Trinajstić information content (AvgIpc) is 2.84. The molecule has 2 aromatic carbocycles. The van der Waals surface area contributed by atoms with E-state index in [1.807, 2.05) is 51.1 Å². The second-order valence-corrected chi connectivity index (χ2v) is 7.89. The van der Waals surface area contributed by atoms with Crippen LogP contribution in [0.2, 0.25) is 0 Å². The largest absolute Gasteiger partial charge is 0.490 e. The molecule has 0 atom stereocenters. The van der Waals surface area contributed by atoms with Crippen molar-refractivity contribution in [2.75, 3.05) is 25.1 Å². The Kier molecular flexibility index (Phi) is 8.86. The molecule has 0 unspecified atom stereocenters. The molecule has 186 valence electrons. The lowest BCUT2D eigenvalue weighted by atomic mass is 10.0. The van der Waals surface area contributed by atoms with Crippen LogP contribution in [0.15, 0.2) is 36.5 Å². The molecule has 9 nitrogen and oxygen atoms in total. The van der Waals surface area contributed by atoms with Gasteiger partial charge in [-0.3, -0.25) is 14.6 Å². The van der Waals surface area contributed by atoms with Crippen molar-refractivity contribution in [3.63, 3.8) is 0 Å². The molecule has 1 aromatic heterocycles. The van der Waals surface area contributed by atoms with Gasteiger partial charge in [0.1, 0.15) is 0 Å². The van der Waals surface area contributed by atoms with E-state index in [2.05, 4.69) is 15.6 Å². The Morgan fingerprint density at radius 3 is 2.37 bits per heavy atom. The minimum absolute atomic E-state index is 0.0240. The fourth-order valence-corrected chi connectivity index (χ4v) is 3.98. The number of ether oxygens (including phenoxy) is 2. The summed E-state index contributed by atoms with van der Waals surface area (Å²) in [7, 11) is 0. The SMILES string of the molecule is CCOc1cc2ncc(CC(N)=O)c(Nc3cccc(CNC(=O)CN)c3CC)c2cc1OCC.